The van der Waals surface area contributed by atoms with Gasteiger partial charge in [-0.3, -0.25) is 9.78 Å². The number of halogens is 1. The minimum absolute atomic E-state index is 0.150. The van der Waals surface area contributed by atoms with E-state index in [-0.39, 0.29) is 5.91 Å². The van der Waals surface area contributed by atoms with E-state index < -0.39 is 0 Å². The second-order valence-corrected chi connectivity index (χ2v) is 5.41. The number of nitrogens with zero attached hydrogens (tertiary/aromatic N) is 3. The molecule has 2 heterocycles. The highest BCUT2D eigenvalue weighted by atomic mass is 79.9. The number of aromatic amines is 1. The summed E-state index contributed by atoms with van der Waals surface area (Å²) in [6.45, 7) is 0.492. The van der Waals surface area contributed by atoms with E-state index in [2.05, 4.69) is 41.6 Å². The van der Waals surface area contributed by atoms with E-state index in [0.29, 0.717) is 24.0 Å². The zero-order valence-electron chi connectivity index (χ0n) is 11.0. The van der Waals surface area contributed by atoms with Crippen molar-refractivity contribution in [2.75, 3.05) is 6.54 Å². The maximum atomic E-state index is 12.3. The lowest BCUT2D eigenvalue weighted by molar-refractivity contribution is 0.0955. The van der Waals surface area contributed by atoms with Crippen molar-refractivity contribution in [1.29, 1.82) is 0 Å². The zero-order chi connectivity index (χ0) is 14.7. The van der Waals surface area contributed by atoms with Gasteiger partial charge in [-0.25, -0.2) is 0 Å². The topological polar surface area (TPSA) is 83.6 Å². The largest absolute Gasteiger partial charge is 0.352 e. The first-order valence-corrected chi connectivity index (χ1v) is 7.20. The highest BCUT2D eigenvalue weighted by molar-refractivity contribution is 9.10. The van der Waals surface area contributed by atoms with Crippen molar-refractivity contribution in [3.63, 3.8) is 0 Å². The molecule has 0 aliphatic rings. The third-order valence-corrected chi connectivity index (χ3v) is 3.50. The molecule has 106 valence electrons. The highest BCUT2D eigenvalue weighted by Crippen LogP contribution is 2.22. The summed E-state index contributed by atoms with van der Waals surface area (Å²) in [7, 11) is 0. The molecule has 6 nitrogen and oxygen atoms in total. The van der Waals surface area contributed by atoms with Gasteiger partial charge in [-0.1, -0.05) is 22.0 Å². The molecular formula is C14H12BrN5O. The quantitative estimate of drug-likeness (QED) is 0.758. The number of rotatable bonds is 4. The first-order valence-electron chi connectivity index (χ1n) is 6.41. The van der Waals surface area contributed by atoms with Gasteiger partial charge in [0.2, 0.25) is 0 Å². The van der Waals surface area contributed by atoms with Gasteiger partial charge in [0.25, 0.3) is 5.91 Å². The summed E-state index contributed by atoms with van der Waals surface area (Å²) >= 11 is 3.42. The first kappa shape index (κ1) is 13.7. The number of amides is 1. The molecule has 0 bridgehead atoms. The fourth-order valence-corrected chi connectivity index (χ4v) is 2.55. The molecule has 7 heteroatoms. The van der Waals surface area contributed by atoms with Crippen LogP contribution in [0.3, 0.4) is 0 Å². The van der Waals surface area contributed by atoms with E-state index in [1.165, 1.54) is 0 Å². The van der Waals surface area contributed by atoms with Crippen LogP contribution in [-0.4, -0.2) is 32.8 Å². The van der Waals surface area contributed by atoms with Crippen molar-refractivity contribution in [3.8, 4) is 0 Å². The second kappa shape index (κ2) is 6.01. The molecule has 0 unspecified atom stereocenters. The van der Waals surface area contributed by atoms with E-state index in [1.54, 1.807) is 18.5 Å². The van der Waals surface area contributed by atoms with Crippen molar-refractivity contribution in [2.45, 2.75) is 6.42 Å². The van der Waals surface area contributed by atoms with Crippen LogP contribution in [0.5, 0.6) is 0 Å². The fraction of sp³-hybridized carbons (Fsp3) is 0.143. The van der Waals surface area contributed by atoms with Crippen LogP contribution in [0, 0.1) is 0 Å². The molecule has 0 spiro atoms. The van der Waals surface area contributed by atoms with E-state index in [1.807, 2.05) is 18.2 Å². The van der Waals surface area contributed by atoms with Gasteiger partial charge in [0.1, 0.15) is 0 Å². The maximum absolute atomic E-state index is 12.3. The van der Waals surface area contributed by atoms with Gasteiger partial charge in [-0.2, -0.15) is 15.4 Å². The van der Waals surface area contributed by atoms with Crippen LogP contribution in [0.2, 0.25) is 0 Å². The van der Waals surface area contributed by atoms with E-state index in [9.17, 15) is 4.79 Å². The number of benzene rings is 1. The number of aromatic nitrogens is 4. The summed E-state index contributed by atoms with van der Waals surface area (Å²) in [4.78, 5) is 16.6. The standard InChI is InChI=1S/C14H12BrN5O/c15-10-6-9-2-1-4-16-13(9)12(7-10)14(21)17-5-3-11-8-18-20-19-11/h1-2,4,6-8H,3,5H2,(H,17,21)(H,18,19,20). The summed E-state index contributed by atoms with van der Waals surface area (Å²) in [5, 5.41) is 14.0. The molecule has 0 atom stereocenters. The van der Waals surface area contributed by atoms with Gasteiger partial charge in [0, 0.05) is 29.0 Å². The number of hydrogen-bond acceptors (Lipinski definition) is 4. The number of pyridine rings is 1. The smallest absolute Gasteiger partial charge is 0.253 e. The van der Waals surface area contributed by atoms with Crippen molar-refractivity contribution >= 4 is 32.7 Å². The van der Waals surface area contributed by atoms with Crippen molar-refractivity contribution in [2.24, 2.45) is 0 Å². The monoisotopic (exact) mass is 345 g/mol. The van der Waals surface area contributed by atoms with E-state index in [0.717, 1.165) is 15.6 Å². The van der Waals surface area contributed by atoms with Gasteiger partial charge < -0.3 is 5.32 Å². The van der Waals surface area contributed by atoms with Crippen LogP contribution in [0.4, 0.5) is 0 Å². The van der Waals surface area contributed by atoms with E-state index >= 15 is 0 Å². The molecule has 0 aliphatic carbocycles. The summed E-state index contributed by atoms with van der Waals surface area (Å²) < 4.78 is 0.852. The summed E-state index contributed by atoms with van der Waals surface area (Å²) in [6, 6.07) is 7.50. The Morgan fingerprint density at radius 1 is 1.38 bits per heavy atom. The van der Waals surface area contributed by atoms with Crippen LogP contribution in [-0.2, 0) is 6.42 Å². The zero-order valence-corrected chi connectivity index (χ0v) is 12.6. The van der Waals surface area contributed by atoms with Crippen LogP contribution in [0.15, 0.2) is 41.1 Å². The average Bonchev–Trinajstić information content (AvgIpc) is 2.99. The molecule has 0 fully saturated rings. The minimum atomic E-state index is -0.150. The van der Waals surface area contributed by atoms with Gasteiger partial charge in [0.15, 0.2) is 0 Å². The van der Waals surface area contributed by atoms with E-state index in [4.69, 9.17) is 0 Å². The van der Waals surface area contributed by atoms with Crippen molar-refractivity contribution in [1.82, 2.24) is 25.7 Å². The van der Waals surface area contributed by atoms with Crippen molar-refractivity contribution < 1.29 is 4.79 Å². The Morgan fingerprint density at radius 3 is 3.10 bits per heavy atom. The van der Waals surface area contributed by atoms with Crippen molar-refractivity contribution in [3.05, 3.63) is 52.4 Å². The lowest BCUT2D eigenvalue weighted by Gasteiger charge is -2.07. The Morgan fingerprint density at radius 2 is 2.29 bits per heavy atom. The Hall–Kier alpha value is -2.28. The molecule has 3 aromatic rings. The molecule has 2 N–H and O–H groups in total. The number of nitrogens with one attached hydrogen (secondary N) is 2. The number of fused-ring (bicyclic) bond motifs is 1. The number of carbonyl (C=O) groups excluding carboxylic acids is 1. The van der Waals surface area contributed by atoms with Crippen LogP contribution < -0.4 is 5.32 Å². The maximum Gasteiger partial charge on any atom is 0.253 e. The van der Waals surface area contributed by atoms with Gasteiger partial charge in [0.05, 0.1) is 23.0 Å². The molecule has 0 saturated heterocycles. The Kier molecular flexibility index (Phi) is 3.92. The molecule has 21 heavy (non-hydrogen) atoms. The Balaban J connectivity index is 1.78. The predicted molar refractivity (Wildman–Crippen MR) is 81.9 cm³/mol. The number of hydrogen-bond donors (Lipinski definition) is 2. The van der Waals surface area contributed by atoms with Gasteiger partial charge in [-0.05, 0) is 18.2 Å². The SMILES string of the molecule is O=C(NCCc1cn[nH]n1)c1cc(Br)cc2cccnc12. The predicted octanol–water partition coefficient (Wildman–Crippen LogP) is 2.09. The third-order valence-electron chi connectivity index (χ3n) is 3.05. The molecule has 0 aliphatic heterocycles. The molecular weight excluding hydrogens is 334 g/mol. The molecule has 0 saturated carbocycles. The molecule has 1 aromatic carbocycles. The Bertz CT molecular complexity index is 772. The molecule has 3 rings (SSSR count). The summed E-state index contributed by atoms with van der Waals surface area (Å²) in [5.74, 6) is -0.150. The fourth-order valence-electron chi connectivity index (χ4n) is 2.07. The van der Waals surface area contributed by atoms with Gasteiger partial charge in [-0.15, -0.1) is 0 Å². The summed E-state index contributed by atoms with van der Waals surface area (Å²) in [6.07, 6.45) is 3.95. The van der Waals surface area contributed by atoms with Crippen LogP contribution in [0.1, 0.15) is 16.1 Å². The van der Waals surface area contributed by atoms with Gasteiger partial charge >= 0.3 is 0 Å². The number of carbonyl (C=O) groups is 1. The Labute approximate surface area is 129 Å². The lowest BCUT2D eigenvalue weighted by Crippen LogP contribution is -2.26. The normalized spacial score (nSPS) is 10.7. The molecule has 1 amide bonds. The van der Waals surface area contributed by atoms with Crippen LogP contribution in [0.25, 0.3) is 10.9 Å². The minimum Gasteiger partial charge on any atom is -0.352 e. The van der Waals surface area contributed by atoms with Crippen LogP contribution >= 0.6 is 15.9 Å². The summed E-state index contributed by atoms with van der Waals surface area (Å²) in [5.41, 5.74) is 2.06. The molecule has 2 aromatic heterocycles. The highest BCUT2D eigenvalue weighted by Gasteiger charge is 2.12. The number of H-pyrrole nitrogens is 1. The molecule has 0 radical (unpaired) electrons. The first-order chi connectivity index (χ1) is 10.2. The average molecular weight is 346 g/mol. The third kappa shape index (κ3) is 3.08. The lowest BCUT2D eigenvalue weighted by atomic mass is 10.1. The second-order valence-electron chi connectivity index (χ2n) is 4.50.